The predicted molar refractivity (Wildman–Crippen MR) is 90.6 cm³/mol. The highest BCUT2D eigenvalue weighted by Gasteiger charge is 2.25. The summed E-state index contributed by atoms with van der Waals surface area (Å²) in [5.74, 6) is 1.46. The molecule has 0 aliphatic rings. The van der Waals surface area contributed by atoms with Gasteiger partial charge in [-0.25, -0.2) is 0 Å². The molecule has 1 N–H and O–H groups in total. The molecule has 7 heteroatoms. The molecular weight excluding hydrogens is 319 g/mol. The van der Waals surface area contributed by atoms with E-state index in [0.717, 1.165) is 5.75 Å². The van der Waals surface area contributed by atoms with Gasteiger partial charge in [-0.2, -0.15) is 13.2 Å². The van der Waals surface area contributed by atoms with Crippen LogP contribution in [0.2, 0.25) is 0 Å². The number of likely N-dealkylation sites (N-methyl/N-ethyl adjacent to an activating group) is 1. The molecule has 136 valence electrons. The first kappa shape index (κ1) is 20.1. The summed E-state index contributed by atoms with van der Waals surface area (Å²) in [5, 5.41) is 3.06. The van der Waals surface area contributed by atoms with Crippen LogP contribution in [0.1, 0.15) is 24.8 Å². The zero-order valence-corrected chi connectivity index (χ0v) is 14.5. The van der Waals surface area contributed by atoms with Gasteiger partial charge in [0.25, 0.3) is 0 Å². The Bertz CT molecular complexity index is 501. The van der Waals surface area contributed by atoms with Crippen LogP contribution in [0.3, 0.4) is 0 Å². The van der Waals surface area contributed by atoms with E-state index in [-0.39, 0.29) is 6.42 Å². The fraction of sp³-hybridized carbons (Fsp3) is 0.588. The molecule has 0 radical (unpaired) electrons. The Hall–Kier alpha value is -1.92. The van der Waals surface area contributed by atoms with E-state index in [4.69, 9.17) is 4.74 Å². The molecular formula is C17H26F3N3O. The molecule has 0 atom stereocenters. The number of hydrogen-bond acceptors (Lipinski definition) is 2. The average Bonchev–Trinajstić information content (AvgIpc) is 2.51. The van der Waals surface area contributed by atoms with E-state index in [2.05, 4.69) is 10.3 Å². The standard InChI is InChI=1S/C17H26F3N3O/c1-14-6-8-15(9-7-14)24-13-12-23(3)16(21-2)22-11-5-4-10-17(18,19)20/h6-9H,4-5,10-13H2,1-3H3,(H,21,22). The number of nitrogens with one attached hydrogen (secondary N) is 1. The van der Waals surface area contributed by atoms with Gasteiger partial charge < -0.3 is 15.0 Å². The summed E-state index contributed by atoms with van der Waals surface area (Å²) in [6, 6.07) is 7.81. The monoisotopic (exact) mass is 345 g/mol. The molecule has 0 aliphatic carbocycles. The summed E-state index contributed by atoms with van der Waals surface area (Å²) >= 11 is 0. The number of ether oxygens (including phenoxy) is 1. The lowest BCUT2D eigenvalue weighted by Gasteiger charge is -2.22. The minimum absolute atomic E-state index is 0.119. The van der Waals surface area contributed by atoms with Crippen molar-refractivity contribution < 1.29 is 17.9 Å². The Morgan fingerprint density at radius 3 is 2.46 bits per heavy atom. The van der Waals surface area contributed by atoms with Crippen molar-refractivity contribution in [2.75, 3.05) is 33.8 Å². The largest absolute Gasteiger partial charge is 0.492 e. The first-order valence-electron chi connectivity index (χ1n) is 8.00. The van der Waals surface area contributed by atoms with Crippen molar-refractivity contribution in [2.24, 2.45) is 4.99 Å². The third kappa shape index (κ3) is 8.64. The summed E-state index contributed by atoms with van der Waals surface area (Å²) < 4.78 is 41.9. The lowest BCUT2D eigenvalue weighted by atomic mass is 10.2. The van der Waals surface area contributed by atoms with Crippen molar-refractivity contribution in [2.45, 2.75) is 32.4 Å². The number of rotatable bonds is 8. The molecule has 0 saturated heterocycles. The Morgan fingerprint density at radius 2 is 1.88 bits per heavy atom. The van der Waals surface area contributed by atoms with Crippen molar-refractivity contribution in [3.63, 3.8) is 0 Å². The highest BCUT2D eigenvalue weighted by atomic mass is 19.4. The summed E-state index contributed by atoms with van der Waals surface area (Å²) in [6.07, 6.45) is -4.25. The second-order valence-corrected chi connectivity index (χ2v) is 5.63. The lowest BCUT2D eigenvalue weighted by Crippen LogP contribution is -2.41. The van der Waals surface area contributed by atoms with Gasteiger partial charge >= 0.3 is 6.18 Å². The van der Waals surface area contributed by atoms with Crippen molar-refractivity contribution in [1.82, 2.24) is 10.2 Å². The van der Waals surface area contributed by atoms with E-state index in [1.54, 1.807) is 7.05 Å². The number of guanidine groups is 1. The molecule has 0 unspecified atom stereocenters. The van der Waals surface area contributed by atoms with Gasteiger partial charge in [0, 0.05) is 27.1 Å². The average molecular weight is 345 g/mol. The van der Waals surface area contributed by atoms with Crippen LogP contribution in [-0.2, 0) is 0 Å². The SMILES string of the molecule is CN=C(NCCCCC(F)(F)F)N(C)CCOc1ccc(C)cc1. The number of halogens is 3. The van der Waals surface area contributed by atoms with Crippen molar-refractivity contribution in [1.29, 1.82) is 0 Å². The molecule has 0 aliphatic heterocycles. The minimum atomic E-state index is -4.08. The van der Waals surface area contributed by atoms with Gasteiger partial charge in [0.05, 0.1) is 6.54 Å². The fourth-order valence-corrected chi connectivity index (χ4v) is 2.08. The summed E-state index contributed by atoms with van der Waals surface area (Å²) in [5.41, 5.74) is 1.18. The molecule has 4 nitrogen and oxygen atoms in total. The quantitative estimate of drug-likeness (QED) is 0.444. The maximum atomic E-state index is 12.1. The molecule has 0 spiro atoms. The van der Waals surface area contributed by atoms with Crippen molar-refractivity contribution in [3.8, 4) is 5.75 Å². The molecule has 1 aromatic rings. The van der Waals surface area contributed by atoms with Crippen LogP contribution in [0.15, 0.2) is 29.3 Å². The molecule has 24 heavy (non-hydrogen) atoms. The van der Waals surface area contributed by atoms with Crippen LogP contribution >= 0.6 is 0 Å². The number of alkyl halides is 3. The van der Waals surface area contributed by atoms with Gasteiger partial charge in [-0.15, -0.1) is 0 Å². The maximum Gasteiger partial charge on any atom is 0.389 e. The molecule has 0 fully saturated rings. The van der Waals surface area contributed by atoms with E-state index in [1.165, 1.54) is 5.56 Å². The van der Waals surface area contributed by atoms with Crippen LogP contribution in [0.5, 0.6) is 5.75 Å². The summed E-state index contributed by atoms with van der Waals surface area (Å²) in [7, 11) is 3.51. The van der Waals surface area contributed by atoms with Gasteiger partial charge in [-0.1, -0.05) is 17.7 Å². The van der Waals surface area contributed by atoms with Crippen LogP contribution in [0.4, 0.5) is 13.2 Å². The number of hydrogen-bond donors (Lipinski definition) is 1. The minimum Gasteiger partial charge on any atom is -0.492 e. The van der Waals surface area contributed by atoms with E-state index in [0.29, 0.717) is 32.1 Å². The smallest absolute Gasteiger partial charge is 0.389 e. The Labute approximate surface area is 141 Å². The third-order valence-electron chi connectivity index (χ3n) is 3.46. The summed E-state index contributed by atoms with van der Waals surface area (Å²) in [4.78, 5) is 6.01. The van der Waals surface area contributed by atoms with E-state index in [9.17, 15) is 13.2 Å². The number of aryl methyl sites for hydroxylation is 1. The van der Waals surface area contributed by atoms with Gasteiger partial charge in [0.2, 0.25) is 0 Å². The second-order valence-electron chi connectivity index (χ2n) is 5.63. The van der Waals surface area contributed by atoms with Gasteiger partial charge in [0.15, 0.2) is 5.96 Å². The van der Waals surface area contributed by atoms with Gasteiger partial charge in [-0.05, 0) is 31.9 Å². The topological polar surface area (TPSA) is 36.9 Å². The molecule has 0 aromatic heterocycles. The number of benzene rings is 1. The number of unbranched alkanes of at least 4 members (excludes halogenated alkanes) is 1. The van der Waals surface area contributed by atoms with Crippen LogP contribution in [0.25, 0.3) is 0 Å². The molecule has 1 aromatic carbocycles. The molecule has 0 heterocycles. The van der Waals surface area contributed by atoms with E-state index >= 15 is 0 Å². The van der Waals surface area contributed by atoms with Crippen LogP contribution < -0.4 is 10.1 Å². The maximum absolute atomic E-state index is 12.1. The Morgan fingerprint density at radius 1 is 1.21 bits per heavy atom. The van der Waals surface area contributed by atoms with Crippen molar-refractivity contribution >= 4 is 5.96 Å². The number of aliphatic imine (C=N–C) groups is 1. The molecule has 0 saturated carbocycles. The number of nitrogens with zero attached hydrogens (tertiary/aromatic N) is 2. The van der Waals surface area contributed by atoms with Gasteiger partial charge in [-0.3, -0.25) is 4.99 Å². The normalized spacial score (nSPS) is 12.2. The molecule has 0 bridgehead atoms. The lowest BCUT2D eigenvalue weighted by molar-refractivity contribution is -0.135. The predicted octanol–water partition coefficient (Wildman–Crippen LogP) is 3.61. The zero-order valence-electron chi connectivity index (χ0n) is 14.5. The third-order valence-corrected chi connectivity index (χ3v) is 3.46. The second kappa shape index (κ2) is 10.1. The van der Waals surface area contributed by atoms with E-state index in [1.807, 2.05) is 43.1 Å². The highest BCUT2D eigenvalue weighted by Crippen LogP contribution is 2.21. The fourth-order valence-electron chi connectivity index (χ4n) is 2.08. The Kier molecular flexibility index (Phi) is 8.43. The first-order valence-corrected chi connectivity index (χ1v) is 8.00. The molecule has 0 amide bonds. The zero-order chi connectivity index (χ0) is 18.0. The summed E-state index contributed by atoms with van der Waals surface area (Å²) in [6.45, 7) is 3.60. The van der Waals surface area contributed by atoms with E-state index < -0.39 is 12.6 Å². The highest BCUT2D eigenvalue weighted by molar-refractivity contribution is 5.79. The van der Waals surface area contributed by atoms with Gasteiger partial charge in [0.1, 0.15) is 12.4 Å². The Balaban J connectivity index is 2.23. The molecule has 1 rings (SSSR count). The van der Waals surface area contributed by atoms with Crippen molar-refractivity contribution in [3.05, 3.63) is 29.8 Å². The van der Waals surface area contributed by atoms with Crippen LogP contribution in [-0.4, -0.2) is 50.8 Å². The first-order chi connectivity index (χ1) is 11.3. The van der Waals surface area contributed by atoms with Crippen LogP contribution in [0, 0.1) is 6.92 Å².